The van der Waals surface area contributed by atoms with Crippen LogP contribution in [0.1, 0.15) is 47.5 Å². The number of hydrogen-bond acceptors (Lipinski definition) is 3. The van der Waals surface area contributed by atoms with E-state index in [9.17, 15) is 9.59 Å². The Morgan fingerprint density at radius 3 is 2.50 bits per heavy atom. The maximum Gasteiger partial charge on any atom is 0.246 e. The van der Waals surface area contributed by atoms with Crippen molar-refractivity contribution in [2.75, 3.05) is 13.2 Å². The van der Waals surface area contributed by atoms with E-state index in [1.165, 1.54) is 0 Å². The lowest BCUT2D eigenvalue weighted by molar-refractivity contribution is -0.165. The van der Waals surface area contributed by atoms with E-state index in [1.54, 1.807) is 11.8 Å². The standard InChI is InChI=1S/C15H26N2O3/c1-10-12(18)16-11(14(2,3)4)13(19)17(10)15(5)7-6-8-20-9-15/h10-11H,6-9H2,1-5H3,(H,16,18). The van der Waals surface area contributed by atoms with Crippen molar-refractivity contribution in [3.05, 3.63) is 0 Å². The van der Waals surface area contributed by atoms with Gasteiger partial charge in [0.05, 0.1) is 12.1 Å². The summed E-state index contributed by atoms with van der Waals surface area (Å²) in [6, 6.07) is -0.905. The van der Waals surface area contributed by atoms with Gasteiger partial charge in [-0.2, -0.15) is 0 Å². The van der Waals surface area contributed by atoms with Crippen LogP contribution in [0.3, 0.4) is 0 Å². The van der Waals surface area contributed by atoms with E-state index in [-0.39, 0.29) is 22.8 Å². The summed E-state index contributed by atoms with van der Waals surface area (Å²) in [5.74, 6) is -0.0612. The van der Waals surface area contributed by atoms with Crippen LogP contribution < -0.4 is 5.32 Å². The monoisotopic (exact) mass is 282 g/mol. The van der Waals surface area contributed by atoms with E-state index in [1.807, 2.05) is 27.7 Å². The minimum absolute atomic E-state index is 0.0117. The molecule has 5 heteroatoms. The van der Waals surface area contributed by atoms with Crippen LogP contribution in [0.25, 0.3) is 0 Å². The fourth-order valence-corrected chi connectivity index (χ4v) is 3.20. The molecule has 2 aliphatic heterocycles. The molecule has 3 atom stereocenters. The molecule has 0 saturated carbocycles. The quantitative estimate of drug-likeness (QED) is 0.789. The van der Waals surface area contributed by atoms with Gasteiger partial charge in [-0.15, -0.1) is 0 Å². The first-order valence-electron chi connectivity index (χ1n) is 7.38. The molecule has 2 amide bonds. The summed E-state index contributed by atoms with van der Waals surface area (Å²) in [4.78, 5) is 26.9. The number of carbonyl (C=O) groups excluding carboxylic acids is 2. The average molecular weight is 282 g/mol. The van der Waals surface area contributed by atoms with Gasteiger partial charge in [-0.1, -0.05) is 20.8 Å². The van der Waals surface area contributed by atoms with Gasteiger partial charge in [0.25, 0.3) is 0 Å². The predicted molar refractivity (Wildman–Crippen MR) is 76.2 cm³/mol. The summed E-state index contributed by atoms with van der Waals surface area (Å²) < 4.78 is 5.57. The van der Waals surface area contributed by atoms with Gasteiger partial charge >= 0.3 is 0 Å². The molecule has 2 saturated heterocycles. The van der Waals surface area contributed by atoms with Crippen molar-refractivity contribution in [1.82, 2.24) is 10.2 Å². The highest BCUT2D eigenvalue weighted by Gasteiger charge is 2.50. The van der Waals surface area contributed by atoms with Crippen LogP contribution in [0.15, 0.2) is 0 Å². The molecule has 2 rings (SSSR count). The molecule has 20 heavy (non-hydrogen) atoms. The first kappa shape index (κ1) is 15.3. The third-order valence-electron chi connectivity index (χ3n) is 4.40. The maximum absolute atomic E-state index is 12.9. The number of carbonyl (C=O) groups is 2. The molecule has 2 aliphatic rings. The van der Waals surface area contributed by atoms with Crippen LogP contribution in [0.4, 0.5) is 0 Å². The molecule has 5 nitrogen and oxygen atoms in total. The number of hydrogen-bond donors (Lipinski definition) is 1. The summed E-state index contributed by atoms with van der Waals surface area (Å²) >= 11 is 0. The Labute approximate surface area is 121 Å². The first-order chi connectivity index (χ1) is 9.17. The first-order valence-corrected chi connectivity index (χ1v) is 7.38. The zero-order valence-corrected chi connectivity index (χ0v) is 13.2. The van der Waals surface area contributed by atoms with Gasteiger partial charge < -0.3 is 15.0 Å². The van der Waals surface area contributed by atoms with Gasteiger partial charge in [0.1, 0.15) is 12.1 Å². The molecule has 2 fully saturated rings. The fourth-order valence-electron chi connectivity index (χ4n) is 3.20. The van der Waals surface area contributed by atoms with E-state index in [4.69, 9.17) is 4.74 Å². The molecule has 0 aromatic rings. The van der Waals surface area contributed by atoms with Crippen LogP contribution in [-0.2, 0) is 14.3 Å². The molecule has 0 spiro atoms. The Hall–Kier alpha value is -1.10. The summed E-state index contributed by atoms with van der Waals surface area (Å²) in [6.45, 7) is 11.0. The highest BCUT2D eigenvalue weighted by Crippen LogP contribution is 2.33. The molecule has 0 aliphatic carbocycles. The average Bonchev–Trinajstić information content (AvgIpc) is 2.33. The van der Waals surface area contributed by atoms with Crippen molar-refractivity contribution in [2.45, 2.75) is 65.1 Å². The van der Waals surface area contributed by atoms with E-state index < -0.39 is 12.1 Å². The largest absolute Gasteiger partial charge is 0.379 e. The molecular weight excluding hydrogens is 256 g/mol. The lowest BCUT2D eigenvalue weighted by Crippen LogP contribution is -2.71. The fraction of sp³-hybridized carbons (Fsp3) is 0.867. The van der Waals surface area contributed by atoms with Crippen LogP contribution >= 0.6 is 0 Å². The van der Waals surface area contributed by atoms with Crippen LogP contribution in [-0.4, -0.2) is 47.6 Å². The molecule has 3 unspecified atom stereocenters. The molecule has 0 bridgehead atoms. The minimum atomic E-state index is -0.468. The number of rotatable bonds is 1. The highest BCUT2D eigenvalue weighted by molar-refractivity contribution is 5.97. The number of nitrogens with one attached hydrogen (secondary N) is 1. The predicted octanol–water partition coefficient (Wildman–Crippen LogP) is 1.32. The van der Waals surface area contributed by atoms with E-state index >= 15 is 0 Å². The Kier molecular flexibility index (Phi) is 3.84. The molecule has 0 aromatic carbocycles. The molecule has 114 valence electrons. The third kappa shape index (κ3) is 2.55. The van der Waals surface area contributed by atoms with Gasteiger partial charge in [0.15, 0.2) is 0 Å². The van der Waals surface area contributed by atoms with E-state index in [0.29, 0.717) is 6.61 Å². The number of nitrogens with zero attached hydrogens (tertiary/aromatic N) is 1. The summed E-state index contributed by atoms with van der Waals surface area (Å²) in [7, 11) is 0. The normalized spacial score (nSPS) is 36.0. The number of amides is 2. The van der Waals surface area contributed by atoms with Crippen molar-refractivity contribution < 1.29 is 14.3 Å². The van der Waals surface area contributed by atoms with Crippen molar-refractivity contribution in [3.8, 4) is 0 Å². The summed E-state index contributed by atoms with van der Waals surface area (Å²) in [6.07, 6.45) is 1.81. The molecule has 0 radical (unpaired) electrons. The Balaban J connectivity index is 2.33. The Bertz CT molecular complexity index is 408. The second-order valence-electron chi connectivity index (χ2n) is 7.34. The summed E-state index contributed by atoms with van der Waals surface area (Å²) in [5.41, 5.74) is -0.674. The lowest BCUT2D eigenvalue weighted by Gasteiger charge is -2.51. The second-order valence-corrected chi connectivity index (χ2v) is 7.34. The highest BCUT2D eigenvalue weighted by atomic mass is 16.5. The second kappa shape index (κ2) is 5.02. The van der Waals surface area contributed by atoms with Gasteiger partial charge in [-0.3, -0.25) is 9.59 Å². The molecule has 2 heterocycles. The molecular formula is C15H26N2O3. The lowest BCUT2D eigenvalue weighted by atomic mass is 9.81. The SMILES string of the molecule is CC1C(=O)NC(C(C)(C)C)C(=O)N1C1(C)CCCOC1. The molecule has 1 N–H and O–H groups in total. The van der Waals surface area contributed by atoms with Gasteiger partial charge in [0, 0.05) is 6.61 Å². The number of piperazine rings is 1. The van der Waals surface area contributed by atoms with Crippen molar-refractivity contribution in [3.63, 3.8) is 0 Å². The molecule has 0 aromatic heterocycles. The minimum Gasteiger partial charge on any atom is -0.379 e. The summed E-state index contributed by atoms with van der Waals surface area (Å²) in [5, 5.41) is 2.87. The van der Waals surface area contributed by atoms with Crippen molar-refractivity contribution in [1.29, 1.82) is 0 Å². The van der Waals surface area contributed by atoms with E-state index in [2.05, 4.69) is 5.32 Å². The zero-order chi connectivity index (χ0) is 15.1. The topological polar surface area (TPSA) is 58.6 Å². The Morgan fingerprint density at radius 2 is 2.00 bits per heavy atom. The smallest absolute Gasteiger partial charge is 0.246 e. The van der Waals surface area contributed by atoms with Gasteiger partial charge in [-0.25, -0.2) is 0 Å². The van der Waals surface area contributed by atoms with Crippen LogP contribution in [0.2, 0.25) is 0 Å². The van der Waals surface area contributed by atoms with Crippen molar-refractivity contribution >= 4 is 11.8 Å². The van der Waals surface area contributed by atoms with E-state index in [0.717, 1.165) is 19.4 Å². The zero-order valence-electron chi connectivity index (χ0n) is 13.2. The van der Waals surface area contributed by atoms with Crippen LogP contribution in [0, 0.1) is 5.41 Å². The van der Waals surface area contributed by atoms with Crippen molar-refractivity contribution in [2.24, 2.45) is 5.41 Å². The Morgan fingerprint density at radius 1 is 1.35 bits per heavy atom. The van der Waals surface area contributed by atoms with Gasteiger partial charge in [-0.05, 0) is 32.1 Å². The third-order valence-corrected chi connectivity index (χ3v) is 4.40. The maximum atomic E-state index is 12.9. The van der Waals surface area contributed by atoms with Gasteiger partial charge in [0.2, 0.25) is 11.8 Å². The van der Waals surface area contributed by atoms with Crippen LogP contribution in [0.5, 0.6) is 0 Å². The number of ether oxygens (including phenoxy) is 1.